The van der Waals surface area contributed by atoms with Gasteiger partial charge in [-0.1, -0.05) is 28.1 Å². The summed E-state index contributed by atoms with van der Waals surface area (Å²) in [5.41, 5.74) is 1.21. The van der Waals surface area contributed by atoms with Gasteiger partial charge in [-0.15, -0.1) is 0 Å². The van der Waals surface area contributed by atoms with Crippen molar-refractivity contribution in [2.75, 3.05) is 5.32 Å². The lowest BCUT2D eigenvalue weighted by Gasteiger charge is -2.06. The number of amides is 1. The predicted molar refractivity (Wildman–Crippen MR) is 73.3 cm³/mol. The largest absolute Gasteiger partial charge is 0.322 e. The molecule has 2 nitrogen and oxygen atoms in total. The maximum absolute atomic E-state index is 13.0. The van der Waals surface area contributed by atoms with E-state index in [1.54, 1.807) is 24.3 Å². The van der Waals surface area contributed by atoms with Gasteiger partial charge in [0, 0.05) is 16.6 Å². The lowest BCUT2D eigenvalue weighted by atomic mass is 10.1. The van der Waals surface area contributed by atoms with E-state index in [9.17, 15) is 18.0 Å². The van der Waals surface area contributed by atoms with Gasteiger partial charge in [-0.3, -0.25) is 4.79 Å². The number of benzene rings is 2. The average molecular weight is 344 g/mol. The molecule has 0 unspecified atom stereocenters. The molecule has 1 N–H and O–H groups in total. The van der Waals surface area contributed by atoms with Gasteiger partial charge in [0.15, 0.2) is 17.5 Å². The molecule has 104 valence electrons. The summed E-state index contributed by atoms with van der Waals surface area (Å²) in [6.45, 7) is 0. The number of alkyl halides is 1. The standard InChI is InChI=1S/C14H9BrF3NO/c15-7-8-1-3-10(4-2-8)19-14(20)9-5-11(16)13(18)12(17)6-9/h1-6H,7H2,(H,19,20). The fourth-order valence-corrected chi connectivity index (χ4v) is 1.94. The topological polar surface area (TPSA) is 29.1 Å². The second-order valence-corrected chi connectivity index (χ2v) is 4.60. The first-order chi connectivity index (χ1) is 9.51. The Morgan fingerprint density at radius 3 is 2.10 bits per heavy atom. The normalized spacial score (nSPS) is 10.4. The maximum atomic E-state index is 13.0. The first-order valence-corrected chi connectivity index (χ1v) is 6.74. The molecule has 0 aliphatic carbocycles. The molecular formula is C14H9BrF3NO. The van der Waals surface area contributed by atoms with Crippen molar-refractivity contribution in [3.05, 3.63) is 65.0 Å². The highest BCUT2D eigenvalue weighted by molar-refractivity contribution is 9.08. The third-order valence-electron chi connectivity index (χ3n) is 2.61. The summed E-state index contributed by atoms with van der Waals surface area (Å²) in [5.74, 6) is -5.10. The van der Waals surface area contributed by atoms with Crippen LogP contribution in [0.3, 0.4) is 0 Å². The summed E-state index contributed by atoms with van der Waals surface area (Å²) < 4.78 is 38.9. The van der Waals surface area contributed by atoms with Crippen LogP contribution in [0.15, 0.2) is 36.4 Å². The predicted octanol–water partition coefficient (Wildman–Crippen LogP) is 4.25. The maximum Gasteiger partial charge on any atom is 0.255 e. The van der Waals surface area contributed by atoms with E-state index in [1.807, 2.05) is 0 Å². The minimum absolute atomic E-state index is 0.286. The molecule has 20 heavy (non-hydrogen) atoms. The number of rotatable bonds is 3. The molecular weight excluding hydrogens is 335 g/mol. The second kappa shape index (κ2) is 6.09. The van der Waals surface area contributed by atoms with E-state index in [0.29, 0.717) is 23.2 Å². The van der Waals surface area contributed by atoms with Crippen LogP contribution in [0.25, 0.3) is 0 Å². The molecule has 0 fully saturated rings. The lowest BCUT2D eigenvalue weighted by molar-refractivity contribution is 0.102. The van der Waals surface area contributed by atoms with Crippen LogP contribution < -0.4 is 5.32 Å². The van der Waals surface area contributed by atoms with Gasteiger partial charge in [-0.2, -0.15) is 0 Å². The summed E-state index contributed by atoms with van der Waals surface area (Å²) in [7, 11) is 0. The Kier molecular flexibility index (Phi) is 4.44. The van der Waals surface area contributed by atoms with Crippen molar-refractivity contribution in [3.63, 3.8) is 0 Å². The number of halogens is 4. The van der Waals surface area contributed by atoms with E-state index in [4.69, 9.17) is 0 Å². The highest BCUT2D eigenvalue weighted by Gasteiger charge is 2.15. The van der Waals surface area contributed by atoms with E-state index in [-0.39, 0.29) is 5.56 Å². The Labute approximate surface area is 121 Å². The van der Waals surface area contributed by atoms with Crippen LogP contribution in [0, 0.1) is 17.5 Å². The van der Waals surface area contributed by atoms with Crippen LogP contribution in [0.5, 0.6) is 0 Å². The molecule has 0 saturated carbocycles. The molecule has 0 radical (unpaired) electrons. The summed E-state index contributed by atoms with van der Waals surface area (Å²) >= 11 is 3.29. The van der Waals surface area contributed by atoms with Gasteiger partial charge < -0.3 is 5.32 Å². The molecule has 2 aromatic carbocycles. The van der Waals surface area contributed by atoms with Crippen LogP contribution in [0.2, 0.25) is 0 Å². The van der Waals surface area contributed by atoms with Crippen molar-refractivity contribution in [1.82, 2.24) is 0 Å². The zero-order valence-corrected chi connectivity index (χ0v) is 11.7. The molecule has 2 rings (SSSR count). The third-order valence-corrected chi connectivity index (χ3v) is 3.26. The number of nitrogens with one attached hydrogen (secondary N) is 1. The van der Waals surface area contributed by atoms with Crippen LogP contribution >= 0.6 is 15.9 Å². The summed E-state index contributed by atoms with van der Waals surface area (Å²) in [5, 5.41) is 3.15. The third kappa shape index (κ3) is 3.19. The molecule has 0 saturated heterocycles. The highest BCUT2D eigenvalue weighted by atomic mass is 79.9. The van der Waals surface area contributed by atoms with Gasteiger partial charge in [-0.25, -0.2) is 13.2 Å². The molecule has 0 aromatic heterocycles. The molecule has 0 atom stereocenters. The van der Waals surface area contributed by atoms with E-state index < -0.39 is 23.4 Å². The first-order valence-electron chi connectivity index (χ1n) is 5.62. The Balaban J connectivity index is 2.19. The van der Waals surface area contributed by atoms with Crippen LogP contribution in [0.1, 0.15) is 15.9 Å². The number of carbonyl (C=O) groups is 1. The zero-order valence-electron chi connectivity index (χ0n) is 10.1. The summed E-state index contributed by atoms with van der Waals surface area (Å²) in [6, 6.07) is 8.20. The summed E-state index contributed by atoms with van der Waals surface area (Å²) in [4.78, 5) is 11.8. The van der Waals surface area contributed by atoms with Gasteiger partial charge in [0.05, 0.1) is 0 Å². The molecule has 1 amide bonds. The van der Waals surface area contributed by atoms with Gasteiger partial charge >= 0.3 is 0 Å². The summed E-state index contributed by atoms with van der Waals surface area (Å²) in [6.07, 6.45) is 0. The second-order valence-electron chi connectivity index (χ2n) is 4.04. The fourth-order valence-electron chi connectivity index (χ4n) is 1.57. The van der Waals surface area contributed by atoms with Gasteiger partial charge in [0.2, 0.25) is 0 Å². The SMILES string of the molecule is O=C(Nc1ccc(CBr)cc1)c1cc(F)c(F)c(F)c1. The zero-order chi connectivity index (χ0) is 14.7. The lowest BCUT2D eigenvalue weighted by Crippen LogP contribution is -2.13. The van der Waals surface area contributed by atoms with Crippen molar-refractivity contribution in [1.29, 1.82) is 0 Å². The number of carbonyl (C=O) groups excluding carboxylic acids is 1. The van der Waals surface area contributed by atoms with Crippen molar-refractivity contribution in [2.24, 2.45) is 0 Å². The first kappa shape index (κ1) is 14.6. The van der Waals surface area contributed by atoms with Gasteiger partial charge in [0.25, 0.3) is 5.91 Å². The molecule has 0 bridgehead atoms. The minimum atomic E-state index is -1.59. The molecule has 0 aliphatic heterocycles. The van der Waals surface area contributed by atoms with Crippen molar-refractivity contribution in [2.45, 2.75) is 5.33 Å². The molecule has 6 heteroatoms. The Bertz CT molecular complexity index is 620. The van der Waals surface area contributed by atoms with E-state index in [0.717, 1.165) is 5.56 Å². The Morgan fingerprint density at radius 1 is 1.05 bits per heavy atom. The number of anilines is 1. The van der Waals surface area contributed by atoms with E-state index >= 15 is 0 Å². The van der Waals surface area contributed by atoms with Crippen molar-refractivity contribution >= 4 is 27.5 Å². The van der Waals surface area contributed by atoms with Crippen molar-refractivity contribution in [3.8, 4) is 0 Å². The minimum Gasteiger partial charge on any atom is -0.322 e. The van der Waals surface area contributed by atoms with Crippen LogP contribution in [-0.2, 0) is 5.33 Å². The Hall–Kier alpha value is -1.82. The smallest absolute Gasteiger partial charge is 0.255 e. The fraction of sp³-hybridized carbons (Fsp3) is 0.0714. The average Bonchev–Trinajstić information content (AvgIpc) is 2.45. The van der Waals surface area contributed by atoms with E-state index in [2.05, 4.69) is 21.2 Å². The van der Waals surface area contributed by atoms with Crippen molar-refractivity contribution < 1.29 is 18.0 Å². The molecule has 0 spiro atoms. The monoisotopic (exact) mass is 343 g/mol. The van der Waals surface area contributed by atoms with Gasteiger partial charge in [-0.05, 0) is 29.8 Å². The molecule has 0 heterocycles. The highest BCUT2D eigenvalue weighted by Crippen LogP contribution is 2.16. The van der Waals surface area contributed by atoms with Crippen LogP contribution in [0.4, 0.5) is 18.9 Å². The number of hydrogen-bond donors (Lipinski definition) is 1. The molecule has 2 aromatic rings. The quantitative estimate of drug-likeness (QED) is 0.655. The van der Waals surface area contributed by atoms with Gasteiger partial charge in [0.1, 0.15) is 0 Å². The number of hydrogen-bond acceptors (Lipinski definition) is 1. The van der Waals surface area contributed by atoms with Crippen LogP contribution in [-0.4, -0.2) is 5.91 Å². The Morgan fingerprint density at radius 2 is 1.60 bits per heavy atom. The van der Waals surface area contributed by atoms with E-state index in [1.165, 1.54) is 0 Å². The molecule has 0 aliphatic rings.